The lowest BCUT2D eigenvalue weighted by Crippen LogP contribution is -2.43. The van der Waals surface area contributed by atoms with E-state index in [0.29, 0.717) is 19.4 Å². The summed E-state index contributed by atoms with van der Waals surface area (Å²) in [5.41, 5.74) is 4.59. The molecule has 0 heterocycles. The topological polar surface area (TPSA) is 114 Å². The summed E-state index contributed by atoms with van der Waals surface area (Å²) in [5, 5.41) is 14.8. The lowest BCUT2D eigenvalue weighted by Gasteiger charge is -2.21. The van der Waals surface area contributed by atoms with Gasteiger partial charge in [-0.3, -0.25) is 9.59 Å². The van der Waals surface area contributed by atoms with Crippen LogP contribution in [0.1, 0.15) is 49.7 Å². The Balaban J connectivity index is 1.28. The Morgan fingerprint density at radius 3 is 2.31 bits per heavy atom. The first-order valence-electron chi connectivity index (χ1n) is 12.2. The molecule has 0 saturated heterocycles. The Morgan fingerprint density at radius 2 is 1.69 bits per heavy atom. The monoisotopic (exact) mass is 480 g/mol. The van der Waals surface area contributed by atoms with E-state index >= 15 is 0 Å². The van der Waals surface area contributed by atoms with Gasteiger partial charge in [0.15, 0.2) is 0 Å². The fourth-order valence-electron chi connectivity index (χ4n) is 5.17. The molecular formula is C27H32N2O6. The molecular weight excluding hydrogens is 448 g/mol. The van der Waals surface area contributed by atoms with Gasteiger partial charge in [-0.05, 0) is 42.0 Å². The molecule has 3 unspecified atom stereocenters. The molecule has 8 nitrogen and oxygen atoms in total. The van der Waals surface area contributed by atoms with E-state index in [-0.39, 0.29) is 37.4 Å². The Hall–Kier alpha value is -3.39. The van der Waals surface area contributed by atoms with Crippen LogP contribution in [-0.4, -0.2) is 55.0 Å². The molecule has 2 aliphatic rings. The Bertz CT molecular complexity index is 1030. The average molecular weight is 481 g/mol. The lowest BCUT2D eigenvalue weighted by molar-refractivity contribution is -0.142. The number of benzene rings is 2. The summed E-state index contributed by atoms with van der Waals surface area (Å²) in [7, 11) is 0. The second kappa shape index (κ2) is 11.4. The molecule has 0 spiro atoms. The number of carboxylic acid groups (broad SMARTS) is 1. The molecule has 1 fully saturated rings. The highest BCUT2D eigenvalue weighted by Gasteiger charge is 2.34. The molecule has 3 atom stereocenters. The van der Waals surface area contributed by atoms with Gasteiger partial charge in [-0.15, -0.1) is 0 Å². The second-order valence-electron chi connectivity index (χ2n) is 9.04. The predicted octanol–water partition coefficient (Wildman–Crippen LogP) is 3.69. The first-order chi connectivity index (χ1) is 17.0. The number of aliphatic carboxylic acids is 1. The molecule has 0 aromatic heterocycles. The van der Waals surface area contributed by atoms with Crippen molar-refractivity contribution in [1.29, 1.82) is 0 Å². The minimum atomic E-state index is -0.883. The van der Waals surface area contributed by atoms with Crippen molar-refractivity contribution in [2.45, 2.75) is 50.7 Å². The number of hydrogen-bond donors (Lipinski definition) is 3. The zero-order chi connectivity index (χ0) is 24.8. The van der Waals surface area contributed by atoms with E-state index in [1.54, 1.807) is 0 Å². The molecule has 2 aromatic carbocycles. The number of carbonyl (C=O) groups excluding carboxylic acids is 2. The smallest absolute Gasteiger partial charge is 0.407 e. The van der Waals surface area contributed by atoms with Crippen LogP contribution in [0.15, 0.2) is 48.5 Å². The van der Waals surface area contributed by atoms with Crippen LogP contribution >= 0.6 is 0 Å². The SMILES string of the molecule is CCOC(CNC(=O)OCC1c2ccccc2-c2ccccc21)CC(=O)NC1CCCC1C(=O)O. The number of ether oxygens (including phenoxy) is 2. The molecule has 2 amide bonds. The third-order valence-corrected chi connectivity index (χ3v) is 6.81. The van der Waals surface area contributed by atoms with Gasteiger partial charge in [-0.1, -0.05) is 55.0 Å². The number of nitrogens with one attached hydrogen (secondary N) is 2. The van der Waals surface area contributed by atoms with E-state index in [1.165, 1.54) is 0 Å². The molecule has 3 N–H and O–H groups in total. The highest BCUT2D eigenvalue weighted by Crippen LogP contribution is 2.44. The normalized spacial score (nSPS) is 19.5. The van der Waals surface area contributed by atoms with Crippen molar-refractivity contribution in [2.75, 3.05) is 19.8 Å². The van der Waals surface area contributed by atoms with E-state index < -0.39 is 24.1 Å². The van der Waals surface area contributed by atoms with Crippen LogP contribution in [-0.2, 0) is 19.1 Å². The van der Waals surface area contributed by atoms with Crippen molar-refractivity contribution in [3.8, 4) is 11.1 Å². The summed E-state index contributed by atoms with van der Waals surface area (Å²) in [6.45, 7) is 2.52. The molecule has 35 heavy (non-hydrogen) atoms. The second-order valence-corrected chi connectivity index (χ2v) is 9.04. The first kappa shape index (κ1) is 24.7. The summed E-state index contributed by atoms with van der Waals surface area (Å²) in [6.07, 6.45) is 0.919. The first-order valence-corrected chi connectivity index (χ1v) is 12.2. The van der Waals surface area contributed by atoms with Gasteiger partial charge in [-0.25, -0.2) is 4.79 Å². The quantitative estimate of drug-likeness (QED) is 0.478. The fraction of sp³-hybridized carbons (Fsp3) is 0.444. The van der Waals surface area contributed by atoms with Gasteiger partial charge in [0.05, 0.1) is 18.4 Å². The van der Waals surface area contributed by atoms with Crippen LogP contribution in [0, 0.1) is 5.92 Å². The molecule has 0 radical (unpaired) electrons. The zero-order valence-corrected chi connectivity index (χ0v) is 19.9. The Kier molecular flexibility index (Phi) is 8.02. The third kappa shape index (κ3) is 5.82. The van der Waals surface area contributed by atoms with Gasteiger partial charge in [-0.2, -0.15) is 0 Å². The van der Waals surface area contributed by atoms with Crippen LogP contribution in [0.5, 0.6) is 0 Å². The van der Waals surface area contributed by atoms with Crippen LogP contribution in [0.3, 0.4) is 0 Å². The fourth-order valence-corrected chi connectivity index (χ4v) is 5.17. The molecule has 8 heteroatoms. The van der Waals surface area contributed by atoms with E-state index in [2.05, 4.69) is 34.9 Å². The van der Waals surface area contributed by atoms with Gasteiger partial charge in [0.2, 0.25) is 5.91 Å². The van der Waals surface area contributed by atoms with Gasteiger partial charge in [0.1, 0.15) is 6.61 Å². The number of alkyl carbamates (subject to hydrolysis) is 1. The molecule has 186 valence electrons. The Labute approximate surface area is 205 Å². The van der Waals surface area contributed by atoms with Crippen LogP contribution in [0.2, 0.25) is 0 Å². The molecule has 2 aliphatic carbocycles. The van der Waals surface area contributed by atoms with Crippen molar-refractivity contribution >= 4 is 18.0 Å². The summed E-state index contributed by atoms with van der Waals surface area (Å²) in [5.74, 6) is -1.75. The molecule has 1 saturated carbocycles. The number of fused-ring (bicyclic) bond motifs is 3. The van der Waals surface area contributed by atoms with Crippen molar-refractivity contribution in [3.05, 3.63) is 59.7 Å². The minimum Gasteiger partial charge on any atom is -0.481 e. The van der Waals surface area contributed by atoms with Gasteiger partial charge < -0.3 is 25.2 Å². The Morgan fingerprint density at radius 1 is 1.03 bits per heavy atom. The number of hydrogen-bond acceptors (Lipinski definition) is 5. The highest BCUT2D eigenvalue weighted by molar-refractivity contribution is 5.80. The van der Waals surface area contributed by atoms with E-state index in [1.807, 2.05) is 31.2 Å². The van der Waals surface area contributed by atoms with Crippen LogP contribution < -0.4 is 10.6 Å². The van der Waals surface area contributed by atoms with Gasteiger partial charge in [0, 0.05) is 25.1 Å². The molecule has 0 aliphatic heterocycles. The zero-order valence-electron chi connectivity index (χ0n) is 19.9. The maximum absolute atomic E-state index is 12.5. The number of rotatable bonds is 10. The van der Waals surface area contributed by atoms with Crippen molar-refractivity contribution in [2.24, 2.45) is 5.92 Å². The summed E-state index contributed by atoms with van der Waals surface area (Å²) in [4.78, 5) is 36.3. The van der Waals surface area contributed by atoms with E-state index in [4.69, 9.17) is 9.47 Å². The maximum Gasteiger partial charge on any atom is 0.407 e. The maximum atomic E-state index is 12.5. The van der Waals surface area contributed by atoms with Crippen LogP contribution in [0.25, 0.3) is 11.1 Å². The minimum absolute atomic E-state index is 0.0281. The molecule has 0 bridgehead atoms. The number of carbonyl (C=O) groups is 3. The van der Waals surface area contributed by atoms with Gasteiger partial charge in [0.25, 0.3) is 0 Å². The summed E-state index contributed by atoms with van der Waals surface area (Å²) >= 11 is 0. The highest BCUT2D eigenvalue weighted by atomic mass is 16.5. The third-order valence-electron chi connectivity index (χ3n) is 6.81. The standard InChI is InChI=1S/C27H32N2O6/c1-2-34-17(14-25(30)29-24-13-7-12-22(24)26(31)32)15-28-27(33)35-16-23-20-10-5-3-8-18(20)19-9-4-6-11-21(19)23/h3-6,8-11,17,22-24H,2,7,12-16H2,1H3,(H,28,33)(H,29,30)(H,31,32). The summed E-state index contributed by atoms with van der Waals surface area (Å²) < 4.78 is 11.2. The van der Waals surface area contributed by atoms with E-state index in [0.717, 1.165) is 28.7 Å². The predicted molar refractivity (Wildman–Crippen MR) is 130 cm³/mol. The number of amides is 2. The average Bonchev–Trinajstić information content (AvgIpc) is 3.44. The van der Waals surface area contributed by atoms with Crippen molar-refractivity contribution < 1.29 is 29.0 Å². The lowest BCUT2D eigenvalue weighted by atomic mass is 9.98. The number of carboxylic acids is 1. The largest absolute Gasteiger partial charge is 0.481 e. The summed E-state index contributed by atoms with van der Waals surface area (Å²) in [6, 6.07) is 15.9. The molecule has 2 aromatic rings. The van der Waals surface area contributed by atoms with Crippen molar-refractivity contribution in [3.63, 3.8) is 0 Å². The van der Waals surface area contributed by atoms with Crippen molar-refractivity contribution in [1.82, 2.24) is 10.6 Å². The van der Waals surface area contributed by atoms with Gasteiger partial charge >= 0.3 is 12.1 Å². The van der Waals surface area contributed by atoms with E-state index in [9.17, 15) is 19.5 Å². The van der Waals surface area contributed by atoms with Crippen LogP contribution in [0.4, 0.5) is 4.79 Å². The molecule has 4 rings (SSSR count).